The van der Waals surface area contributed by atoms with E-state index in [1.54, 1.807) is 6.07 Å². The average Bonchev–Trinajstić information content (AvgIpc) is 2.71. The highest BCUT2D eigenvalue weighted by molar-refractivity contribution is 5.52. The summed E-state index contributed by atoms with van der Waals surface area (Å²) in [5, 5.41) is 3.74. The second kappa shape index (κ2) is 3.02. The summed E-state index contributed by atoms with van der Waals surface area (Å²) >= 11 is 0. The van der Waals surface area contributed by atoms with Gasteiger partial charge in [0.2, 0.25) is 5.76 Å². The van der Waals surface area contributed by atoms with Crippen LogP contribution in [0.15, 0.2) is 21.4 Å². The van der Waals surface area contributed by atoms with Gasteiger partial charge in [0.05, 0.1) is 5.69 Å². The Morgan fingerprint density at radius 1 is 1.54 bits per heavy atom. The molecule has 2 heterocycles. The zero-order chi connectivity index (χ0) is 9.26. The van der Waals surface area contributed by atoms with E-state index in [4.69, 9.17) is 14.7 Å². The van der Waals surface area contributed by atoms with Crippen molar-refractivity contribution in [3.8, 4) is 11.5 Å². The van der Waals surface area contributed by atoms with Crippen LogP contribution in [-0.4, -0.2) is 10.1 Å². The van der Waals surface area contributed by atoms with Crippen LogP contribution in [0, 0.1) is 6.92 Å². The van der Waals surface area contributed by atoms with Crippen LogP contribution in [0.5, 0.6) is 0 Å². The monoisotopic (exact) mass is 179 g/mol. The summed E-state index contributed by atoms with van der Waals surface area (Å²) in [6, 6.07) is 1.78. The lowest BCUT2D eigenvalue weighted by Gasteiger charge is -1.90. The topological polar surface area (TPSA) is 78.1 Å². The van der Waals surface area contributed by atoms with Gasteiger partial charge in [-0.15, -0.1) is 0 Å². The quantitative estimate of drug-likeness (QED) is 0.746. The van der Waals surface area contributed by atoms with Crippen molar-refractivity contribution in [2.24, 2.45) is 5.73 Å². The lowest BCUT2D eigenvalue weighted by molar-refractivity contribution is 0.412. The molecule has 0 aliphatic heterocycles. The molecule has 2 aromatic heterocycles. The predicted octanol–water partition coefficient (Wildman–Crippen LogP) is 1.10. The van der Waals surface area contributed by atoms with Gasteiger partial charge in [-0.25, -0.2) is 4.98 Å². The lowest BCUT2D eigenvalue weighted by Crippen LogP contribution is -1.97. The van der Waals surface area contributed by atoms with Crippen LogP contribution in [0.1, 0.15) is 11.4 Å². The highest BCUT2D eigenvalue weighted by Crippen LogP contribution is 2.22. The highest BCUT2D eigenvalue weighted by Gasteiger charge is 2.13. The SMILES string of the molecule is Cc1cc(-c2ocnc2CN)on1. The molecular weight excluding hydrogens is 170 g/mol. The van der Waals surface area contributed by atoms with Crippen LogP contribution >= 0.6 is 0 Å². The summed E-state index contributed by atoms with van der Waals surface area (Å²) in [4.78, 5) is 3.94. The highest BCUT2D eigenvalue weighted by atomic mass is 16.5. The van der Waals surface area contributed by atoms with E-state index < -0.39 is 0 Å². The number of aryl methyl sites for hydroxylation is 1. The molecule has 0 aromatic carbocycles. The molecule has 0 amide bonds. The normalized spacial score (nSPS) is 10.6. The van der Waals surface area contributed by atoms with Gasteiger partial charge in [0.15, 0.2) is 12.2 Å². The van der Waals surface area contributed by atoms with Gasteiger partial charge in [-0.3, -0.25) is 0 Å². The number of hydrogen-bond acceptors (Lipinski definition) is 5. The minimum Gasteiger partial charge on any atom is -0.440 e. The number of hydrogen-bond donors (Lipinski definition) is 1. The van der Waals surface area contributed by atoms with Crippen molar-refractivity contribution in [2.45, 2.75) is 13.5 Å². The fraction of sp³-hybridized carbons (Fsp3) is 0.250. The molecule has 2 rings (SSSR count). The molecule has 5 nitrogen and oxygen atoms in total. The summed E-state index contributed by atoms with van der Waals surface area (Å²) in [5.41, 5.74) is 6.93. The van der Waals surface area contributed by atoms with E-state index in [1.807, 2.05) is 6.92 Å². The van der Waals surface area contributed by atoms with Crippen LogP contribution in [0.2, 0.25) is 0 Å². The fourth-order valence-corrected chi connectivity index (χ4v) is 1.09. The lowest BCUT2D eigenvalue weighted by atomic mass is 10.2. The first-order valence-electron chi connectivity index (χ1n) is 3.87. The largest absolute Gasteiger partial charge is 0.440 e. The minimum atomic E-state index is 0.325. The zero-order valence-corrected chi connectivity index (χ0v) is 7.15. The third-order valence-electron chi connectivity index (χ3n) is 1.69. The zero-order valence-electron chi connectivity index (χ0n) is 7.15. The van der Waals surface area contributed by atoms with Crippen molar-refractivity contribution < 1.29 is 8.94 Å². The fourth-order valence-electron chi connectivity index (χ4n) is 1.09. The molecule has 0 saturated carbocycles. The van der Waals surface area contributed by atoms with Crippen LogP contribution in [0.25, 0.3) is 11.5 Å². The predicted molar refractivity (Wildman–Crippen MR) is 44.6 cm³/mol. The second-order valence-electron chi connectivity index (χ2n) is 2.66. The van der Waals surface area contributed by atoms with E-state index in [2.05, 4.69) is 10.1 Å². The van der Waals surface area contributed by atoms with Crippen molar-refractivity contribution >= 4 is 0 Å². The van der Waals surface area contributed by atoms with Gasteiger partial charge < -0.3 is 14.7 Å². The number of aromatic nitrogens is 2. The third-order valence-corrected chi connectivity index (χ3v) is 1.69. The Balaban J connectivity index is 2.45. The van der Waals surface area contributed by atoms with Crippen molar-refractivity contribution in [1.29, 1.82) is 0 Å². The smallest absolute Gasteiger partial charge is 0.204 e. The van der Waals surface area contributed by atoms with Gasteiger partial charge in [-0.1, -0.05) is 5.16 Å². The van der Waals surface area contributed by atoms with Crippen LogP contribution in [0.3, 0.4) is 0 Å². The summed E-state index contributed by atoms with van der Waals surface area (Å²) < 4.78 is 10.1. The number of nitrogens with zero attached hydrogens (tertiary/aromatic N) is 2. The van der Waals surface area contributed by atoms with Gasteiger partial charge in [0.1, 0.15) is 5.69 Å². The van der Waals surface area contributed by atoms with Gasteiger partial charge in [0.25, 0.3) is 0 Å². The summed E-state index contributed by atoms with van der Waals surface area (Å²) in [5.74, 6) is 1.12. The molecule has 0 atom stereocenters. The molecule has 0 spiro atoms. The molecule has 68 valence electrons. The van der Waals surface area contributed by atoms with Crippen LogP contribution < -0.4 is 5.73 Å². The first-order valence-corrected chi connectivity index (χ1v) is 3.87. The molecule has 0 aliphatic rings. The second-order valence-corrected chi connectivity index (χ2v) is 2.66. The molecule has 13 heavy (non-hydrogen) atoms. The van der Waals surface area contributed by atoms with E-state index in [-0.39, 0.29) is 0 Å². The molecule has 0 aliphatic carbocycles. The van der Waals surface area contributed by atoms with E-state index in [0.717, 1.165) is 5.69 Å². The molecule has 2 aromatic rings. The van der Waals surface area contributed by atoms with Crippen LogP contribution in [0.4, 0.5) is 0 Å². The third kappa shape index (κ3) is 1.33. The molecule has 5 heteroatoms. The van der Waals surface area contributed by atoms with Crippen molar-refractivity contribution in [3.05, 3.63) is 23.8 Å². The molecule has 0 fully saturated rings. The summed E-state index contributed by atoms with van der Waals surface area (Å²) in [6.07, 6.45) is 1.34. The maximum atomic E-state index is 5.45. The molecule has 2 N–H and O–H groups in total. The first-order chi connectivity index (χ1) is 6.31. The Kier molecular flexibility index (Phi) is 1.86. The van der Waals surface area contributed by atoms with E-state index in [9.17, 15) is 0 Å². The molecular formula is C8H9N3O2. The number of oxazole rings is 1. The number of rotatable bonds is 2. The Bertz CT molecular complexity index is 405. The Hall–Kier alpha value is -1.62. The number of nitrogens with two attached hydrogens (primary N) is 1. The van der Waals surface area contributed by atoms with Gasteiger partial charge in [-0.2, -0.15) is 0 Å². The van der Waals surface area contributed by atoms with Crippen molar-refractivity contribution in [2.75, 3.05) is 0 Å². The van der Waals surface area contributed by atoms with Crippen molar-refractivity contribution in [3.63, 3.8) is 0 Å². The maximum absolute atomic E-state index is 5.45. The van der Waals surface area contributed by atoms with Crippen molar-refractivity contribution in [1.82, 2.24) is 10.1 Å². The molecule has 0 radical (unpaired) electrons. The molecule has 0 unspecified atom stereocenters. The van der Waals surface area contributed by atoms with Gasteiger partial charge in [0, 0.05) is 12.6 Å². The van der Waals surface area contributed by atoms with E-state index >= 15 is 0 Å². The molecule has 0 bridgehead atoms. The Labute approximate surface area is 74.5 Å². The minimum absolute atomic E-state index is 0.325. The summed E-state index contributed by atoms with van der Waals surface area (Å²) in [6.45, 7) is 2.16. The average molecular weight is 179 g/mol. The molecule has 0 saturated heterocycles. The Morgan fingerprint density at radius 3 is 3.00 bits per heavy atom. The van der Waals surface area contributed by atoms with Gasteiger partial charge >= 0.3 is 0 Å². The Morgan fingerprint density at radius 2 is 2.38 bits per heavy atom. The van der Waals surface area contributed by atoms with Crippen LogP contribution in [-0.2, 0) is 6.54 Å². The van der Waals surface area contributed by atoms with E-state index in [1.165, 1.54) is 6.39 Å². The first kappa shape index (κ1) is 8.00. The summed E-state index contributed by atoms with van der Waals surface area (Å²) in [7, 11) is 0. The van der Waals surface area contributed by atoms with E-state index in [0.29, 0.717) is 23.8 Å². The maximum Gasteiger partial charge on any atom is 0.204 e. The van der Waals surface area contributed by atoms with Gasteiger partial charge in [-0.05, 0) is 6.92 Å². The standard InChI is InChI=1S/C8H9N3O2/c1-5-2-7(13-11-5)8-6(3-9)10-4-12-8/h2,4H,3,9H2,1H3.